The number of H-pyrrole nitrogens is 1. The minimum atomic E-state index is -3.66. The molecule has 0 aliphatic heterocycles. The summed E-state index contributed by atoms with van der Waals surface area (Å²) in [5.41, 5.74) is 2.00. The van der Waals surface area contributed by atoms with Crippen molar-refractivity contribution in [1.29, 1.82) is 0 Å². The van der Waals surface area contributed by atoms with Crippen LogP contribution in [-0.4, -0.2) is 18.6 Å². The Kier molecular flexibility index (Phi) is 4.00. The molecule has 2 N–H and O–H groups in total. The molecule has 5 nitrogen and oxygen atoms in total. The number of rotatable bonds is 4. The van der Waals surface area contributed by atoms with Crippen LogP contribution < -0.4 is 4.72 Å². The molecule has 0 fully saturated rings. The lowest BCUT2D eigenvalue weighted by Crippen LogP contribution is -2.13. The average molecular weight is 378 g/mol. The Morgan fingerprint density at radius 1 is 0.955 bits per heavy atom. The maximum Gasteiger partial charge on any atom is 0.263 e. The highest BCUT2D eigenvalue weighted by molar-refractivity contribution is 9.10. The molecular weight excluding hydrogens is 366 g/mol. The van der Waals surface area contributed by atoms with Crippen molar-refractivity contribution in [3.05, 3.63) is 65.3 Å². The third-order valence-electron chi connectivity index (χ3n) is 3.10. The van der Waals surface area contributed by atoms with Crippen LogP contribution in [0.5, 0.6) is 0 Å². The molecule has 7 heteroatoms. The van der Waals surface area contributed by atoms with Gasteiger partial charge in [-0.15, -0.1) is 0 Å². The van der Waals surface area contributed by atoms with Gasteiger partial charge in [0.1, 0.15) is 5.82 Å². The van der Waals surface area contributed by atoms with Crippen LogP contribution in [0.4, 0.5) is 5.82 Å². The van der Waals surface area contributed by atoms with Crippen molar-refractivity contribution in [3.8, 4) is 11.1 Å². The van der Waals surface area contributed by atoms with E-state index in [0.717, 1.165) is 11.1 Å². The van der Waals surface area contributed by atoms with Gasteiger partial charge in [0.05, 0.1) is 15.6 Å². The molecule has 1 heterocycles. The molecule has 0 unspecified atom stereocenters. The minimum Gasteiger partial charge on any atom is -0.263 e. The lowest BCUT2D eigenvalue weighted by molar-refractivity contribution is 0.601. The van der Waals surface area contributed by atoms with E-state index in [1.165, 1.54) is 6.20 Å². The van der Waals surface area contributed by atoms with Gasteiger partial charge in [-0.05, 0) is 39.2 Å². The summed E-state index contributed by atoms with van der Waals surface area (Å²) < 4.78 is 27.6. The molecule has 0 saturated carbocycles. The highest BCUT2D eigenvalue weighted by Crippen LogP contribution is 2.24. The summed E-state index contributed by atoms with van der Waals surface area (Å²) in [6, 6.07) is 16.5. The van der Waals surface area contributed by atoms with Crippen LogP contribution in [0.25, 0.3) is 11.1 Å². The van der Waals surface area contributed by atoms with Crippen molar-refractivity contribution in [2.45, 2.75) is 4.90 Å². The summed E-state index contributed by atoms with van der Waals surface area (Å²) in [6.07, 6.45) is 1.48. The first-order chi connectivity index (χ1) is 10.6. The van der Waals surface area contributed by atoms with Crippen molar-refractivity contribution in [3.63, 3.8) is 0 Å². The predicted molar refractivity (Wildman–Crippen MR) is 89.0 cm³/mol. The van der Waals surface area contributed by atoms with E-state index in [1.54, 1.807) is 24.3 Å². The Labute approximate surface area is 136 Å². The summed E-state index contributed by atoms with van der Waals surface area (Å²) in [4.78, 5) is 0.189. The third kappa shape index (κ3) is 3.05. The molecule has 1 aromatic heterocycles. The zero-order chi connectivity index (χ0) is 15.6. The first-order valence-corrected chi connectivity index (χ1v) is 8.71. The average Bonchev–Trinajstić information content (AvgIpc) is 2.93. The molecule has 3 rings (SSSR count). The molecule has 0 saturated heterocycles. The van der Waals surface area contributed by atoms with Gasteiger partial charge in [-0.25, -0.2) is 8.42 Å². The topological polar surface area (TPSA) is 74.8 Å². The molecular formula is C15H12BrN3O2S. The first-order valence-electron chi connectivity index (χ1n) is 6.43. The largest absolute Gasteiger partial charge is 0.263 e. The van der Waals surface area contributed by atoms with Gasteiger partial charge in [0.25, 0.3) is 10.0 Å². The Morgan fingerprint density at radius 3 is 2.18 bits per heavy atom. The van der Waals surface area contributed by atoms with Gasteiger partial charge < -0.3 is 0 Å². The molecule has 0 spiro atoms. The number of hydrogen-bond acceptors (Lipinski definition) is 3. The molecule has 112 valence electrons. The maximum absolute atomic E-state index is 12.3. The second-order valence-electron chi connectivity index (χ2n) is 4.59. The number of benzene rings is 2. The van der Waals surface area contributed by atoms with E-state index in [-0.39, 0.29) is 4.90 Å². The molecule has 0 atom stereocenters. The fraction of sp³-hybridized carbons (Fsp3) is 0. The Morgan fingerprint density at radius 2 is 1.59 bits per heavy atom. The fourth-order valence-electron chi connectivity index (χ4n) is 1.99. The van der Waals surface area contributed by atoms with Crippen LogP contribution >= 0.6 is 15.9 Å². The van der Waals surface area contributed by atoms with E-state index in [9.17, 15) is 8.42 Å². The number of aromatic amines is 1. The van der Waals surface area contributed by atoms with E-state index in [4.69, 9.17) is 0 Å². The van der Waals surface area contributed by atoms with Crippen molar-refractivity contribution < 1.29 is 8.42 Å². The number of halogens is 1. The van der Waals surface area contributed by atoms with Crippen LogP contribution in [0.1, 0.15) is 0 Å². The normalized spacial score (nSPS) is 11.3. The van der Waals surface area contributed by atoms with Crippen molar-refractivity contribution >= 4 is 31.8 Å². The van der Waals surface area contributed by atoms with Gasteiger partial charge in [-0.1, -0.05) is 42.5 Å². The van der Waals surface area contributed by atoms with Gasteiger partial charge in [0, 0.05) is 0 Å². The van der Waals surface area contributed by atoms with Crippen LogP contribution in [0, 0.1) is 0 Å². The molecule has 3 aromatic rings. The first kappa shape index (κ1) is 14.8. The second kappa shape index (κ2) is 5.94. The summed E-state index contributed by atoms with van der Waals surface area (Å²) in [5.74, 6) is 0.298. The number of nitrogens with one attached hydrogen (secondary N) is 2. The van der Waals surface area contributed by atoms with Gasteiger partial charge in [0.2, 0.25) is 0 Å². The Hall–Kier alpha value is -2.12. The van der Waals surface area contributed by atoms with E-state index in [1.807, 2.05) is 30.3 Å². The summed E-state index contributed by atoms with van der Waals surface area (Å²) in [6.45, 7) is 0. The predicted octanol–water partition coefficient (Wildman–Crippen LogP) is 3.64. The molecule has 0 amide bonds. The quantitative estimate of drug-likeness (QED) is 0.728. The van der Waals surface area contributed by atoms with Crippen LogP contribution in [0.15, 0.2) is 70.2 Å². The highest BCUT2D eigenvalue weighted by atomic mass is 79.9. The Balaban J connectivity index is 1.88. The molecule has 2 aromatic carbocycles. The smallest absolute Gasteiger partial charge is 0.263 e. The number of aromatic nitrogens is 2. The van der Waals surface area contributed by atoms with Crippen molar-refractivity contribution in [2.24, 2.45) is 0 Å². The maximum atomic E-state index is 12.3. The third-order valence-corrected chi connectivity index (χ3v) is 5.07. The highest BCUT2D eigenvalue weighted by Gasteiger charge is 2.16. The number of anilines is 1. The van der Waals surface area contributed by atoms with Crippen LogP contribution in [0.2, 0.25) is 0 Å². The molecule has 0 aliphatic rings. The summed E-state index contributed by atoms with van der Waals surface area (Å²) in [7, 11) is -3.66. The monoisotopic (exact) mass is 377 g/mol. The fourth-order valence-corrected chi connectivity index (χ4v) is 3.45. The van der Waals surface area contributed by atoms with E-state index < -0.39 is 10.0 Å². The SMILES string of the molecule is O=S(=O)(Nc1[nH]ncc1Br)c1ccc(-c2ccccc2)cc1. The minimum absolute atomic E-state index is 0.189. The van der Waals surface area contributed by atoms with Crippen molar-refractivity contribution in [1.82, 2.24) is 10.2 Å². The summed E-state index contributed by atoms with van der Waals surface area (Å²) >= 11 is 3.21. The number of hydrogen-bond donors (Lipinski definition) is 2. The Bertz CT molecular complexity index is 875. The van der Waals surface area contributed by atoms with Crippen LogP contribution in [-0.2, 0) is 10.0 Å². The van der Waals surface area contributed by atoms with Gasteiger partial charge in [0.15, 0.2) is 0 Å². The molecule has 0 radical (unpaired) electrons. The second-order valence-corrected chi connectivity index (χ2v) is 7.13. The van der Waals surface area contributed by atoms with E-state index in [2.05, 4.69) is 30.8 Å². The van der Waals surface area contributed by atoms with Crippen molar-refractivity contribution in [2.75, 3.05) is 4.72 Å². The lowest BCUT2D eigenvalue weighted by atomic mass is 10.1. The standard InChI is InChI=1S/C15H12BrN3O2S/c16-14-10-17-18-15(14)19-22(20,21)13-8-6-12(7-9-13)11-4-2-1-3-5-11/h1-10H,(H2,17,18,19). The van der Waals surface area contributed by atoms with E-state index in [0.29, 0.717) is 10.3 Å². The van der Waals surface area contributed by atoms with Crippen LogP contribution in [0.3, 0.4) is 0 Å². The van der Waals surface area contributed by atoms with E-state index >= 15 is 0 Å². The zero-order valence-corrected chi connectivity index (χ0v) is 13.7. The summed E-state index contributed by atoms with van der Waals surface area (Å²) in [5, 5.41) is 6.34. The molecule has 0 aliphatic carbocycles. The lowest BCUT2D eigenvalue weighted by Gasteiger charge is -2.08. The zero-order valence-electron chi connectivity index (χ0n) is 11.3. The van der Waals surface area contributed by atoms with Gasteiger partial charge >= 0.3 is 0 Å². The molecule has 22 heavy (non-hydrogen) atoms. The van der Waals surface area contributed by atoms with Gasteiger partial charge in [-0.2, -0.15) is 5.10 Å². The molecule has 0 bridgehead atoms. The van der Waals surface area contributed by atoms with Gasteiger partial charge in [-0.3, -0.25) is 9.82 Å². The number of sulfonamides is 1. The number of nitrogens with zero attached hydrogens (tertiary/aromatic N) is 1.